The molecule has 230 valence electrons. The van der Waals surface area contributed by atoms with Crippen molar-refractivity contribution in [3.8, 4) is 0 Å². The summed E-state index contributed by atoms with van der Waals surface area (Å²) >= 11 is 0. The van der Waals surface area contributed by atoms with Gasteiger partial charge in [0, 0.05) is 0 Å². The Balaban J connectivity index is 1.58. The summed E-state index contributed by atoms with van der Waals surface area (Å²) in [5, 5.41) is 4.04. The Hall–Kier alpha value is -4.04. The molecule has 5 heteroatoms. The Morgan fingerprint density at radius 2 is 0.822 bits per heavy atom. The van der Waals surface area contributed by atoms with Gasteiger partial charge in [0.25, 0.3) is 8.32 Å². The van der Waals surface area contributed by atoms with Crippen molar-refractivity contribution < 1.29 is 13.6 Å². The maximum Gasteiger partial charge on any atom is 0.325 e. The summed E-state index contributed by atoms with van der Waals surface area (Å²) in [5.74, 6) is -0.314. The zero-order valence-electron chi connectivity index (χ0n) is 27.3. The highest BCUT2D eigenvalue weighted by Gasteiger charge is 2.54. The maximum absolute atomic E-state index is 14.5. The molecule has 0 aromatic heterocycles. The third-order valence-electron chi connectivity index (χ3n) is 8.76. The molecule has 0 aliphatic carbocycles. The standard InChI is InChI=1S/C40H44O3Si2/c1-39(2,3)44(33-22-11-7-12-23-33,34-24-13-8-14-25-34)42-31-32-21-19-20-30-37(32)38(41)43-45(40(4,5)6,35-26-15-9-16-27-35)36-28-17-10-18-29-36/h7-30H,31H2,1-6H3. The van der Waals surface area contributed by atoms with Gasteiger partial charge in [-0.25, -0.2) is 4.79 Å². The Morgan fingerprint density at radius 3 is 1.20 bits per heavy atom. The summed E-state index contributed by atoms with van der Waals surface area (Å²) in [6, 6.07) is 49.5. The first-order chi connectivity index (χ1) is 21.5. The van der Waals surface area contributed by atoms with Gasteiger partial charge in [0.1, 0.15) is 0 Å². The molecule has 0 aliphatic heterocycles. The largest absolute Gasteiger partial charge is 0.506 e. The highest BCUT2D eigenvalue weighted by Crippen LogP contribution is 2.39. The minimum atomic E-state index is -3.09. The normalized spacial score (nSPS) is 12.5. The fourth-order valence-electron chi connectivity index (χ4n) is 6.64. The highest BCUT2D eigenvalue weighted by atomic mass is 28.4. The van der Waals surface area contributed by atoms with Crippen LogP contribution in [0.15, 0.2) is 146 Å². The summed E-state index contributed by atoms with van der Waals surface area (Å²) in [6.07, 6.45) is 0. The van der Waals surface area contributed by atoms with E-state index in [1.54, 1.807) is 0 Å². The van der Waals surface area contributed by atoms with Crippen molar-refractivity contribution in [1.82, 2.24) is 0 Å². The average Bonchev–Trinajstić information content (AvgIpc) is 3.04. The molecule has 5 aromatic carbocycles. The molecule has 0 radical (unpaired) electrons. The minimum Gasteiger partial charge on any atom is -0.506 e. The zero-order chi connectivity index (χ0) is 32.1. The van der Waals surface area contributed by atoms with Crippen LogP contribution in [-0.4, -0.2) is 22.6 Å². The van der Waals surface area contributed by atoms with E-state index in [0.29, 0.717) is 12.2 Å². The first-order valence-electron chi connectivity index (χ1n) is 15.7. The first kappa shape index (κ1) is 32.4. The van der Waals surface area contributed by atoms with Gasteiger partial charge in [-0.1, -0.05) is 181 Å². The summed E-state index contributed by atoms with van der Waals surface area (Å²) in [4.78, 5) is 14.5. The molecule has 0 N–H and O–H groups in total. The molecule has 0 heterocycles. The second-order valence-corrected chi connectivity index (χ2v) is 22.2. The molecule has 0 atom stereocenters. The molecule has 0 amide bonds. The Kier molecular flexibility index (Phi) is 9.45. The van der Waals surface area contributed by atoms with Crippen molar-refractivity contribution in [3.05, 3.63) is 157 Å². The van der Waals surface area contributed by atoms with Crippen LogP contribution in [0.1, 0.15) is 57.5 Å². The SMILES string of the molecule is CC(C)(C)[Si](OCc1ccccc1C(=O)O[Si](c1ccccc1)(c1ccccc1)C(C)(C)C)(c1ccccc1)c1ccccc1. The van der Waals surface area contributed by atoms with E-state index in [9.17, 15) is 4.79 Å². The molecular formula is C40H44O3Si2. The van der Waals surface area contributed by atoms with Crippen LogP contribution >= 0.6 is 0 Å². The van der Waals surface area contributed by atoms with Crippen molar-refractivity contribution in [1.29, 1.82) is 0 Å². The summed E-state index contributed by atoms with van der Waals surface area (Å²) in [6.45, 7) is 13.6. The monoisotopic (exact) mass is 628 g/mol. The molecule has 0 bridgehead atoms. The Morgan fingerprint density at radius 1 is 0.489 bits per heavy atom. The van der Waals surface area contributed by atoms with Crippen LogP contribution in [0, 0.1) is 0 Å². The molecule has 3 nitrogen and oxygen atoms in total. The van der Waals surface area contributed by atoms with Crippen LogP contribution in [0.3, 0.4) is 0 Å². The third kappa shape index (κ3) is 6.25. The molecule has 0 saturated heterocycles. The van der Waals surface area contributed by atoms with E-state index < -0.39 is 16.6 Å². The zero-order valence-corrected chi connectivity index (χ0v) is 29.3. The predicted molar refractivity (Wildman–Crippen MR) is 192 cm³/mol. The Labute approximate surface area is 271 Å². The molecule has 0 saturated carbocycles. The van der Waals surface area contributed by atoms with Gasteiger partial charge < -0.3 is 8.85 Å². The predicted octanol–water partition coefficient (Wildman–Crippen LogP) is 7.48. The summed E-state index contributed by atoms with van der Waals surface area (Å²) in [7, 11) is -5.91. The van der Waals surface area contributed by atoms with Gasteiger partial charge in [-0.2, -0.15) is 0 Å². The van der Waals surface area contributed by atoms with Gasteiger partial charge in [-0.15, -0.1) is 0 Å². The van der Waals surface area contributed by atoms with E-state index in [0.717, 1.165) is 15.9 Å². The molecule has 45 heavy (non-hydrogen) atoms. The lowest BCUT2D eigenvalue weighted by molar-refractivity contribution is 0.0716. The first-order valence-corrected chi connectivity index (χ1v) is 19.5. The summed E-state index contributed by atoms with van der Waals surface area (Å²) in [5.41, 5.74) is 1.37. The lowest BCUT2D eigenvalue weighted by atomic mass is 10.1. The second-order valence-electron chi connectivity index (χ2n) is 13.7. The fraction of sp³-hybridized carbons (Fsp3) is 0.225. The molecule has 0 unspecified atom stereocenters. The van der Waals surface area contributed by atoms with Crippen LogP contribution in [0.2, 0.25) is 10.1 Å². The van der Waals surface area contributed by atoms with Crippen molar-refractivity contribution in [3.63, 3.8) is 0 Å². The van der Waals surface area contributed by atoms with E-state index in [-0.39, 0.29) is 16.0 Å². The minimum absolute atomic E-state index is 0.180. The van der Waals surface area contributed by atoms with Gasteiger partial charge in [0.05, 0.1) is 12.2 Å². The van der Waals surface area contributed by atoms with E-state index in [1.807, 2.05) is 72.8 Å². The highest BCUT2D eigenvalue weighted by molar-refractivity contribution is 7.00. The smallest absolute Gasteiger partial charge is 0.325 e. The van der Waals surface area contributed by atoms with Crippen LogP contribution in [-0.2, 0) is 15.5 Å². The van der Waals surface area contributed by atoms with Gasteiger partial charge in [0.15, 0.2) is 0 Å². The molecule has 0 aliphatic rings. The van der Waals surface area contributed by atoms with Crippen LogP contribution in [0.5, 0.6) is 0 Å². The van der Waals surface area contributed by atoms with Crippen LogP contribution in [0.4, 0.5) is 0 Å². The van der Waals surface area contributed by atoms with Gasteiger partial charge >= 0.3 is 14.3 Å². The van der Waals surface area contributed by atoms with E-state index in [2.05, 4.69) is 114 Å². The molecule has 5 aromatic rings. The maximum atomic E-state index is 14.5. The van der Waals surface area contributed by atoms with Crippen molar-refractivity contribution >= 4 is 43.4 Å². The lowest BCUT2D eigenvalue weighted by Gasteiger charge is -2.43. The second kappa shape index (κ2) is 13.1. The summed E-state index contributed by atoms with van der Waals surface area (Å²) < 4.78 is 14.2. The van der Waals surface area contributed by atoms with Gasteiger partial charge in [-0.05, 0) is 42.5 Å². The average molecular weight is 629 g/mol. The number of benzene rings is 5. The number of rotatable bonds is 9. The molecule has 0 spiro atoms. The molecule has 5 rings (SSSR count). The quantitative estimate of drug-likeness (QED) is 0.159. The Bertz CT molecular complexity index is 1610. The van der Waals surface area contributed by atoms with Crippen molar-refractivity contribution in [2.45, 2.75) is 58.2 Å². The van der Waals surface area contributed by atoms with Gasteiger partial charge in [0.2, 0.25) is 0 Å². The van der Waals surface area contributed by atoms with Crippen molar-refractivity contribution in [2.24, 2.45) is 0 Å². The third-order valence-corrected chi connectivity index (χ3v) is 18.6. The topological polar surface area (TPSA) is 35.5 Å². The van der Waals surface area contributed by atoms with E-state index >= 15 is 0 Å². The van der Waals surface area contributed by atoms with E-state index in [1.165, 1.54) is 10.4 Å². The van der Waals surface area contributed by atoms with E-state index in [4.69, 9.17) is 8.85 Å². The van der Waals surface area contributed by atoms with Crippen LogP contribution < -0.4 is 20.7 Å². The van der Waals surface area contributed by atoms with Crippen molar-refractivity contribution in [2.75, 3.05) is 0 Å². The number of hydrogen-bond acceptors (Lipinski definition) is 3. The molecular weight excluding hydrogens is 585 g/mol. The van der Waals surface area contributed by atoms with Crippen LogP contribution in [0.25, 0.3) is 0 Å². The number of carbonyl (C=O) groups excluding carboxylic acids is 1. The van der Waals surface area contributed by atoms with Gasteiger partial charge in [-0.3, -0.25) is 0 Å². The lowest BCUT2D eigenvalue weighted by Crippen LogP contribution is -2.67. The number of carbonyl (C=O) groups is 1. The number of hydrogen-bond donors (Lipinski definition) is 0. The molecule has 0 fully saturated rings. The fourth-order valence-corrected chi connectivity index (χ4v) is 15.5.